The molecule has 3 heterocycles. The maximum atomic E-state index is 13.1. The highest BCUT2D eigenvalue weighted by Crippen LogP contribution is 2.32. The molecule has 0 bridgehead atoms. The summed E-state index contributed by atoms with van der Waals surface area (Å²) in [4.78, 5) is 19.4. The molecule has 130 valence electrons. The van der Waals surface area contributed by atoms with Crippen molar-refractivity contribution in [3.63, 3.8) is 0 Å². The molecule has 1 fully saturated rings. The van der Waals surface area contributed by atoms with Crippen LogP contribution in [0.4, 0.5) is 5.13 Å². The first-order valence-corrected chi connectivity index (χ1v) is 9.29. The Labute approximate surface area is 154 Å². The van der Waals surface area contributed by atoms with Crippen LogP contribution in [0.2, 0.25) is 5.02 Å². The third-order valence-corrected chi connectivity index (χ3v) is 5.54. The zero-order valence-corrected chi connectivity index (χ0v) is 15.3. The van der Waals surface area contributed by atoms with Crippen molar-refractivity contribution in [3.8, 4) is 0 Å². The van der Waals surface area contributed by atoms with Crippen molar-refractivity contribution in [2.75, 3.05) is 18.1 Å². The molecule has 0 saturated carbocycles. The van der Waals surface area contributed by atoms with Crippen molar-refractivity contribution in [1.82, 2.24) is 14.8 Å². The van der Waals surface area contributed by atoms with Gasteiger partial charge in [-0.3, -0.25) is 14.4 Å². The monoisotopic (exact) mass is 376 g/mol. The zero-order chi connectivity index (χ0) is 17.4. The largest absolute Gasteiger partial charge is 0.376 e. The molecule has 1 aliphatic rings. The van der Waals surface area contributed by atoms with E-state index in [0.717, 1.165) is 29.7 Å². The third kappa shape index (κ3) is 3.27. The number of anilines is 1. The Hall–Kier alpha value is -1.96. The highest BCUT2D eigenvalue weighted by Gasteiger charge is 2.28. The number of rotatable bonds is 4. The van der Waals surface area contributed by atoms with Gasteiger partial charge < -0.3 is 4.74 Å². The second-order valence-electron chi connectivity index (χ2n) is 6.00. The fourth-order valence-electron chi connectivity index (χ4n) is 2.96. The van der Waals surface area contributed by atoms with Crippen molar-refractivity contribution in [1.29, 1.82) is 0 Å². The van der Waals surface area contributed by atoms with Gasteiger partial charge in [0, 0.05) is 24.9 Å². The van der Waals surface area contributed by atoms with Crippen molar-refractivity contribution in [2.45, 2.75) is 18.9 Å². The van der Waals surface area contributed by atoms with E-state index in [4.69, 9.17) is 16.3 Å². The van der Waals surface area contributed by atoms with Crippen molar-refractivity contribution in [3.05, 3.63) is 41.2 Å². The fourth-order valence-corrected chi connectivity index (χ4v) is 4.21. The summed E-state index contributed by atoms with van der Waals surface area (Å²) in [6.45, 7) is 1.23. The van der Waals surface area contributed by atoms with E-state index < -0.39 is 0 Å². The molecular formula is C17H17ClN4O2S. The van der Waals surface area contributed by atoms with E-state index in [1.807, 2.05) is 12.1 Å². The summed E-state index contributed by atoms with van der Waals surface area (Å²) in [7, 11) is 1.76. The Balaban J connectivity index is 1.72. The van der Waals surface area contributed by atoms with Gasteiger partial charge in [-0.15, -0.1) is 0 Å². The first kappa shape index (κ1) is 16.5. The van der Waals surface area contributed by atoms with Crippen LogP contribution in [0.3, 0.4) is 0 Å². The maximum Gasteiger partial charge on any atom is 0.278 e. The lowest BCUT2D eigenvalue weighted by atomic mass is 10.2. The summed E-state index contributed by atoms with van der Waals surface area (Å²) in [5.41, 5.74) is 1.36. The van der Waals surface area contributed by atoms with Gasteiger partial charge in [-0.25, -0.2) is 4.98 Å². The van der Waals surface area contributed by atoms with Gasteiger partial charge in [-0.1, -0.05) is 22.9 Å². The Bertz CT molecular complexity index is 916. The van der Waals surface area contributed by atoms with E-state index in [9.17, 15) is 4.79 Å². The van der Waals surface area contributed by atoms with Gasteiger partial charge in [0.05, 0.1) is 22.9 Å². The van der Waals surface area contributed by atoms with E-state index in [0.29, 0.717) is 22.4 Å². The van der Waals surface area contributed by atoms with E-state index >= 15 is 0 Å². The standard InChI is InChI=1S/C17H17ClN4O2S/c1-21-14(6-7-19-21)16(23)22(10-12-3-2-8-24-12)17-20-13-5-4-11(18)9-15(13)25-17/h4-7,9,12H,2-3,8,10H2,1H3. The van der Waals surface area contributed by atoms with E-state index in [1.165, 1.54) is 11.3 Å². The SMILES string of the molecule is Cn1nccc1C(=O)N(CC1CCCO1)c1nc2ccc(Cl)cc2s1. The third-order valence-electron chi connectivity index (χ3n) is 4.27. The minimum atomic E-state index is -0.124. The number of amides is 1. The number of aromatic nitrogens is 3. The fraction of sp³-hybridized carbons (Fsp3) is 0.353. The van der Waals surface area contributed by atoms with Crippen molar-refractivity contribution < 1.29 is 9.53 Å². The number of halogens is 1. The van der Waals surface area contributed by atoms with Gasteiger partial charge >= 0.3 is 0 Å². The lowest BCUT2D eigenvalue weighted by Gasteiger charge is -2.22. The Morgan fingerprint density at radius 1 is 1.48 bits per heavy atom. The molecule has 4 rings (SSSR count). The first-order valence-electron chi connectivity index (χ1n) is 8.09. The van der Waals surface area contributed by atoms with Gasteiger partial charge in [-0.05, 0) is 37.1 Å². The molecule has 3 aromatic rings. The average molecular weight is 377 g/mol. The van der Waals surface area contributed by atoms with Gasteiger partial charge in [0.1, 0.15) is 5.69 Å². The Kier molecular flexibility index (Phi) is 4.45. The quantitative estimate of drug-likeness (QED) is 0.699. The van der Waals surface area contributed by atoms with Crippen molar-refractivity contribution >= 4 is 44.2 Å². The molecule has 1 atom stereocenters. The number of fused-ring (bicyclic) bond motifs is 1. The van der Waals surface area contributed by atoms with E-state index in [-0.39, 0.29) is 12.0 Å². The molecule has 25 heavy (non-hydrogen) atoms. The highest BCUT2D eigenvalue weighted by atomic mass is 35.5. The number of benzene rings is 1. The van der Waals surface area contributed by atoms with Crippen molar-refractivity contribution in [2.24, 2.45) is 7.05 Å². The van der Waals surface area contributed by atoms with Crippen LogP contribution in [0.1, 0.15) is 23.3 Å². The highest BCUT2D eigenvalue weighted by molar-refractivity contribution is 7.22. The second-order valence-corrected chi connectivity index (χ2v) is 7.44. The number of thiazole rings is 1. The summed E-state index contributed by atoms with van der Waals surface area (Å²) in [5, 5.41) is 5.41. The van der Waals surface area contributed by atoms with E-state index in [1.54, 1.807) is 35.0 Å². The number of carbonyl (C=O) groups is 1. The van der Waals surface area contributed by atoms with Gasteiger partial charge in [0.2, 0.25) is 0 Å². The van der Waals surface area contributed by atoms with Crippen LogP contribution in [-0.2, 0) is 11.8 Å². The minimum Gasteiger partial charge on any atom is -0.376 e. The Morgan fingerprint density at radius 3 is 3.08 bits per heavy atom. The molecular weight excluding hydrogens is 360 g/mol. The lowest BCUT2D eigenvalue weighted by molar-refractivity contribution is 0.0910. The summed E-state index contributed by atoms with van der Waals surface area (Å²) in [6.07, 6.45) is 3.63. The molecule has 0 radical (unpaired) electrons. The van der Waals surface area contributed by atoms with Crippen LogP contribution in [0, 0.1) is 0 Å². The van der Waals surface area contributed by atoms with Gasteiger partial charge in [0.15, 0.2) is 5.13 Å². The second kappa shape index (κ2) is 6.74. The number of nitrogens with zero attached hydrogens (tertiary/aromatic N) is 4. The van der Waals surface area contributed by atoms with Crippen LogP contribution >= 0.6 is 22.9 Å². The molecule has 2 aromatic heterocycles. The van der Waals surface area contributed by atoms with E-state index in [2.05, 4.69) is 10.1 Å². The molecule has 8 heteroatoms. The van der Waals surface area contributed by atoms with Crippen LogP contribution < -0.4 is 4.90 Å². The number of hydrogen-bond donors (Lipinski definition) is 0. The molecule has 0 spiro atoms. The normalized spacial score (nSPS) is 17.3. The summed E-state index contributed by atoms with van der Waals surface area (Å²) < 4.78 is 8.27. The topological polar surface area (TPSA) is 60.2 Å². The van der Waals surface area contributed by atoms with Gasteiger partial charge in [0.25, 0.3) is 5.91 Å². The molecule has 6 nitrogen and oxygen atoms in total. The number of hydrogen-bond acceptors (Lipinski definition) is 5. The Morgan fingerprint density at radius 2 is 2.36 bits per heavy atom. The number of ether oxygens (including phenoxy) is 1. The molecule has 1 unspecified atom stereocenters. The average Bonchev–Trinajstić information content (AvgIpc) is 3.31. The van der Waals surface area contributed by atoms with Gasteiger partial charge in [-0.2, -0.15) is 5.10 Å². The summed E-state index contributed by atoms with van der Waals surface area (Å²) >= 11 is 7.53. The molecule has 1 amide bonds. The van der Waals surface area contributed by atoms with Crippen LogP contribution in [0.25, 0.3) is 10.2 Å². The minimum absolute atomic E-state index is 0.0350. The number of carbonyl (C=O) groups excluding carboxylic acids is 1. The van der Waals surface area contributed by atoms with Crippen LogP contribution in [0.15, 0.2) is 30.5 Å². The zero-order valence-electron chi connectivity index (χ0n) is 13.7. The molecule has 0 aliphatic carbocycles. The predicted octanol–water partition coefficient (Wildman–Crippen LogP) is 3.51. The maximum absolute atomic E-state index is 13.1. The molecule has 0 N–H and O–H groups in total. The summed E-state index contributed by atoms with van der Waals surface area (Å²) in [5.74, 6) is -0.124. The molecule has 1 aliphatic heterocycles. The smallest absolute Gasteiger partial charge is 0.278 e. The lowest BCUT2D eigenvalue weighted by Crippen LogP contribution is -2.38. The first-order chi connectivity index (χ1) is 12.1. The number of aryl methyl sites for hydroxylation is 1. The predicted molar refractivity (Wildman–Crippen MR) is 98.5 cm³/mol. The molecule has 1 saturated heterocycles. The molecule has 1 aromatic carbocycles. The van der Waals surface area contributed by atoms with Crippen LogP contribution in [-0.4, -0.2) is 39.9 Å². The van der Waals surface area contributed by atoms with Crippen LogP contribution in [0.5, 0.6) is 0 Å². The summed E-state index contributed by atoms with van der Waals surface area (Å²) in [6, 6.07) is 7.27.